The predicted molar refractivity (Wildman–Crippen MR) is 67.4 cm³/mol. The number of benzene rings is 1. The molecule has 0 spiro atoms. The fraction of sp³-hybridized carbons (Fsp3) is 0.182. The second-order valence-electron chi connectivity index (χ2n) is 3.16. The molecule has 0 N–H and O–H groups in total. The van der Waals surface area contributed by atoms with Gasteiger partial charge in [0.1, 0.15) is 6.20 Å². The van der Waals surface area contributed by atoms with Crippen LogP contribution in [-0.4, -0.2) is 22.3 Å². The Morgan fingerprint density at radius 1 is 1.35 bits per heavy atom. The summed E-state index contributed by atoms with van der Waals surface area (Å²) in [6.45, 7) is 0. The quantitative estimate of drug-likeness (QED) is 0.797. The molecule has 1 aromatic carbocycles. The molecule has 6 heteroatoms. The number of thioether (sulfide) groups is 1. The van der Waals surface area contributed by atoms with E-state index in [1.54, 1.807) is 7.11 Å². The van der Waals surface area contributed by atoms with Crippen LogP contribution in [0.3, 0.4) is 0 Å². The van der Waals surface area contributed by atoms with E-state index in [4.69, 9.17) is 16.3 Å². The minimum atomic E-state index is 0.460. The van der Waals surface area contributed by atoms with Crippen molar-refractivity contribution >= 4 is 23.4 Å². The van der Waals surface area contributed by atoms with E-state index in [1.165, 1.54) is 18.0 Å². The maximum atomic E-state index is 6.05. The lowest BCUT2D eigenvalue weighted by Gasteiger charge is -2.03. The van der Waals surface area contributed by atoms with E-state index < -0.39 is 0 Å². The Morgan fingerprint density at radius 3 is 2.94 bits per heavy atom. The fourth-order valence-corrected chi connectivity index (χ4v) is 2.27. The van der Waals surface area contributed by atoms with Gasteiger partial charge in [-0.15, -0.1) is 5.10 Å². The highest BCUT2D eigenvalue weighted by molar-refractivity contribution is 7.98. The van der Waals surface area contributed by atoms with Gasteiger partial charge < -0.3 is 4.74 Å². The molecule has 2 rings (SSSR count). The molecule has 17 heavy (non-hydrogen) atoms. The van der Waals surface area contributed by atoms with Crippen LogP contribution in [0.25, 0.3) is 0 Å². The molecule has 88 valence electrons. The van der Waals surface area contributed by atoms with Crippen molar-refractivity contribution in [2.24, 2.45) is 0 Å². The second-order valence-corrected chi connectivity index (χ2v) is 4.51. The van der Waals surface area contributed by atoms with Crippen molar-refractivity contribution in [1.82, 2.24) is 15.2 Å². The Bertz CT molecular complexity index is 510. The number of methoxy groups -OCH3 is 1. The number of hydrogen-bond acceptors (Lipinski definition) is 5. The predicted octanol–water partition coefficient (Wildman–Crippen LogP) is 2.83. The first-order valence-electron chi connectivity index (χ1n) is 4.89. The van der Waals surface area contributed by atoms with Crippen LogP contribution >= 0.6 is 23.4 Å². The van der Waals surface area contributed by atoms with E-state index in [0.717, 1.165) is 10.6 Å². The van der Waals surface area contributed by atoms with Crippen molar-refractivity contribution in [3.05, 3.63) is 41.0 Å². The summed E-state index contributed by atoms with van der Waals surface area (Å²) in [7, 11) is 1.55. The molecule has 0 amide bonds. The standard InChI is InChI=1S/C11H10ClN3OS/c1-16-10-6-13-15-11(14-10)17-7-8-4-2-3-5-9(8)12/h2-6H,7H2,1H3. The first-order valence-corrected chi connectivity index (χ1v) is 6.26. The smallest absolute Gasteiger partial charge is 0.236 e. The molecular weight excluding hydrogens is 258 g/mol. The van der Waals surface area contributed by atoms with E-state index in [0.29, 0.717) is 16.8 Å². The lowest BCUT2D eigenvalue weighted by Crippen LogP contribution is -1.94. The fourth-order valence-electron chi connectivity index (χ4n) is 1.19. The number of ether oxygens (including phenoxy) is 1. The summed E-state index contributed by atoms with van der Waals surface area (Å²) in [5.41, 5.74) is 1.05. The maximum absolute atomic E-state index is 6.05. The summed E-state index contributed by atoms with van der Waals surface area (Å²) in [5.74, 6) is 1.16. The molecule has 1 heterocycles. The van der Waals surface area contributed by atoms with Crippen molar-refractivity contribution in [2.75, 3.05) is 7.11 Å². The van der Waals surface area contributed by atoms with Crippen molar-refractivity contribution in [2.45, 2.75) is 10.9 Å². The number of halogens is 1. The zero-order valence-corrected chi connectivity index (χ0v) is 10.7. The molecule has 2 aromatic rings. The van der Waals surface area contributed by atoms with Gasteiger partial charge >= 0.3 is 0 Å². The lowest BCUT2D eigenvalue weighted by atomic mass is 10.2. The Balaban J connectivity index is 2.05. The van der Waals surface area contributed by atoms with Gasteiger partial charge in [0.05, 0.1) is 7.11 Å². The van der Waals surface area contributed by atoms with Crippen LogP contribution in [0.2, 0.25) is 5.02 Å². The van der Waals surface area contributed by atoms with Crippen LogP contribution < -0.4 is 4.74 Å². The van der Waals surface area contributed by atoms with Gasteiger partial charge in [0.25, 0.3) is 0 Å². The zero-order valence-electron chi connectivity index (χ0n) is 9.13. The monoisotopic (exact) mass is 267 g/mol. The number of rotatable bonds is 4. The highest BCUT2D eigenvalue weighted by Crippen LogP contribution is 2.24. The van der Waals surface area contributed by atoms with Crippen LogP contribution in [-0.2, 0) is 5.75 Å². The molecule has 0 aliphatic carbocycles. The number of aromatic nitrogens is 3. The number of nitrogens with zero attached hydrogens (tertiary/aromatic N) is 3. The molecule has 0 bridgehead atoms. The molecule has 0 atom stereocenters. The van der Waals surface area contributed by atoms with E-state index in [2.05, 4.69) is 15.2 Å². The molecule has 0 saturated carbocycles. The lowest BCUT2D eigenvalue weighted by molar-refractivity contribution is 0.388. The van der Waals surface area contributed by atoms with Gasteiger partial charge in [-0.2, -0.15) is 10.1 Å². The first kappa shape index (κ1) is 12.1. The third-order valence-electron chi connectivity index (χ3n) is 2.04. The van der Waals surface area contributed by atoms with Gasteiger partial charge in [-0.25, -0.2) is 0 Å². The van der Waals surface area contributed by atoms with E-state index >= 15 is 0 Å². The molecule has 0 radical (unpaired) electrons. The Morgan fingerprint density at radius 2 is 2.18 bits per heavy atom. The van der Waals surface area contributed by atoms with Gasteiger partial charge in [0.2, 0.25) is 11.0 Å². The van der Waals surface area contributed by atoms with Crippen molar-refractivity contribution in [3.8, 4) is 5.88 Å². The highest BCUT2D eigenvalue weighted by atomic mass is 35.5. The Hall–Kier alpha value is -1.33. The zero-order chi connectivity index (χ0) is 12.1. The van der Waals surface area contributed by atoms with Gasteiger partial charge in [-0.1, -0.05) is 41.6 Å². The van der Waals surface area contributed by atoms with E-state index in [9.17, 15) is 0 Å². The van der Waals surface area contributed by atoms with Crippen LogP contribution in [0.5, 0.6) is 5.88 Å². The van der Waals surface area contributed by atoms with Crippen LogP contribution in [0.4, 0.5) is 0 Å². The van der Waals surface area contributed by atoms with Crippen LogP contribution in [0.15, 0.2) is 35.6 Å². The molecule has 0 aliphatic heterocycles. The maximum Gasteiger partial charge on any atom is 0.236 e. The minimum absolute atomic E-state index is 0.460. The molecular formula is C11H10ClN3OS. The van der Waals surface area contributed by atoms with Gasteiger partial charge in [-0.05, 0) is 11.6 Å². The normalized spacial score (nSPS) is 10.2. The van der Waals surface area contributed by atoms with E-state index in [-0.39, 0.29) is 0 Å². The third-order valence-corrected chi connectivity index (χ3v) is 3.30. The van der Waals surface area contributed by atoms with E-state index in [1.807, 2.05) is 24.3 Å². The van der Waals surface area contributed by atoms with Crippen molar-refractivity contribution < 1.29 is 4.74 Å². The molecule has 0 aliphatic rings. The molecule has 0 saturated heterocycles. The summed E-state index contributed by atoms with van der Waals surface area (Å²) in [6.07, 6.45) is 1.47. The first-order chi connectivity index (χ1) is 8.29. The van der Waals surface area contributed by atoms with Crippen molar-refractivity contribution in [1.29, 1.82) is 0 Å². The van der Waals surface area contributed by atoms with Gasteiger partial charge in [0, 0.05) is 10.8 Å². The largest absolute Gasteiger partial charge is 0.480 e. The number of hydrogen-bond donors (Lipinski definition) is 0. The summed E-state index contributed by atoms with van der Waals surface area (Å²) in [4.78, 5) is 4.16. The Kier molecular flexibility index (Phi) is 4.17. The van der Waals surface area contributed by atoms with Crippen LogP contribution in [0, 0.1) is 0 Å². The minimum Gasteiger partial charge on any atom is -0.480 e. The summed E-state index contributed by atoms with van der Waals surface area (Å²) in [6, 6.07) is 7.69. The molecule has 0 fully saturated rings. The molecule has 0 unspecified atom stereocenters. The topological polar surface area (TPSA) is 47.9 Å². The second kappa shape index (κ2) is 5.84. The van der Waals surface area contributed by atoms with Crippen molar-refractivity contribution in [3.63, 3.8) is 0 Å². The summed E-state index contributed by atoms with van der Waals surface area (Å²) < 4.78 is 4.98. The summed E-state index contributed by atoms with van der Waals surface area (Å²) >= 11 is 7.52. The highest BCUT2D eigenvalue weighted by Gasteiger charge is 2.04. The average Bonchev–Trinajstić information content (AvgIpc) is 2.38. The SMILES string of the molecule is COc1cnnc(SCc2ccccc2Cl)n1. The van der Waals surface area contributed by atoms with Gasteiger partial charge in [0.15, 0.2) is 0 Å². The molecule has 4 nitrogen and oxygen atoms in total. The molecule has 1 aromatic heterocycles. The Labute approximate surface area is 108 Å². The third kappa shape index (κ3) is 3.31. The average molecular weight is 268 g/mol. The van der Waals surface area contributed by atoms with Crippen LogP contribution in [0.1, 0.15) is 5.56 Å². The summed E-state index contributed by atoms with van der Waals surface area (Å²) in [5, 5.41) is 9.03. The van der Waals surface area contributed by atoms with Gasteiger partial charge in [-0.3, -0.25) is 0 Å².